The molecule has 0 radical (unpaired) electrons. The van der Waals surface area contributed by atoms with Gasteiger partial charge in [-0.05, 0) is 38.5 Å². The zero-order valence-electron chi connectivity index (χ0n) is 14.1. The van der Waals surface area contributed by atoms with Crippen LogP contribution in [0.1, 0.15) is 35.5 Å². The summed E-state index contributed by atoms with van der Waals surface area (Å²) in [6.45, 7) is 4.85. The molecule has 0 saturated carbocycles. The molecule has 2 aromatic heterocycles. The van der Waals surface area contributed by atoms with Crippen molar-refractivity contribution in [1.29, 1.82) is 0 Å². The number of Topliss-reactive ketones (excluding diaryl/α,β-unsaturated/α-hetero) is 1. The molecule has 1 unspecified atom stereocenters. The number of hydrogen-bond donors (Lipinski definition) is 2. The summed E-state index contributed by atoms with van der Waals surface area (Å²) in [5.41, 5.74) is 0.0168. The molecule has 0 amide bonds. The van der Waals surface area contributed by atoms with Gasteiger partial charge in [-0.3, -0.25) is 4.79 Å². The predicted octanol–water partition coefficient (Wildman–Crippen LogP) is 3.19. The van der Waals surface area contributed by atoms with Gasteiger partial charge in [0.2, 0.25) is 5.71 Å². The minimum atomic E-state index is -1.26. The number of fused-ring (bicyclic) bond motifs is 1. The first kappa shape index (κ1) is 17.0. The van der Waals surface area contributed by atoms with E-state index in [-0.39, 0.29) is 18.1 Å². The van der Waals surface area contributed by atoms with E-state index in [1.807, 2.05) is 0 Å². The number of ketones is 1. The second kappa shape index (κ2) is 6.25. The highest BCUT2D eigenvalue weighted by Gasteiger charge is 2.25. The van der Waals surface area contributed by atoms with Crippen LogP contribution in [0.15, 0.2) is 35.0 Å². The molecule has 0 aliphatic carbocycles. The van der Waals surface area contributed by atoms with Gasteiger partial charge in [-0.15, -0.1) is 0 Å². The minimum Gasteiger partial charge on any atom is -0.442 e. The molecule has 0 aliphatic rings. The van der Waals surface area contributed by atoms with E-state index in [0.29, 0.717) is 33.8 Å². The lowest BCUT2D eigenvalue weighted by atomic mass is 9.96. The first-order valence-corrected chi connectivity index (χ1v) is 7.77. The topological polar surface area (TPSA) is 88.2 Å². The van der Waals surface area contributed by atoms with Crippen molar-refractivity contribution in [2.75, 3.05) is 11.9 Å². The smallest absolute Gasteiger partial charge is 0.232 e. The quantitative estimate of drug-likeness (QED) is 0.692. The van der Waals surface area contributed by atoms with Crippen molar-refractivity contribution in [3.05, 3.63) is 53.3 Å². The number of anilines is 1. The number of hydrogen-bond acceptors (Lipinski definition) is 6. The maximum atomic E-state index is 13.1. The number of rotatable bonds is 5. The fraction of sp³-hybridized carbons (Fsp3) is 0.278. The summed E-state index contributed by atoms with van der Waals surface area (Å²) in [6, 6.07) is 5.63. The molecule has 1 aromatic carbocycles. The molecule has 3 aromatic rings. The van der Waals surface area contributed by atoms with E-state index in [1.165, 1.54) is 37.5 Å². The van der Waals surface area contributed by atoms with Crippen LogP contribution in [0.4, 0.5) is 10.2 Å². The summed E-state index contributed by atoms with van der Waals surface area (Å²) in [6.07, 6.45) is 1.32. The average Bonchev–Trinajstić information content (AvgIpc) is 2.90. The van der Waals surface area contributed by atoms with Crippen LogP contribution in [0.5, 0.6) is 0 Å². The number of furan rings is 1. The van der Waals surface area contributed by atoms with Crippen LogP contribution in [-0.2, 0) is 5.60 Å². The number of halogens is 1. The molecule has 2 N–H and O–H groups in total. The van der Waals surface area contributed by atoms with Crippen LogP contribution in [0.2, 0.25) is 0 Å². The van der Waals surface area contributed by atoms with Gasteiger partial charge in [0, 0.05) is 6.54 Å². The normalized spacial score (nSPS) is 13.6. The number of carbonyl (C=O) groups is 1. The Morgan fingerprint density at radius 1 is 1.32 bits per heavy atom. The van der Waals surface area contributed by atoms with E-state index in [9.17, 15) is 14.3 Å². The first-order valence-electron chi connectivity index (χ1n) is 7.77. The molecule has 2 heterocycles. The number of aliphatic hydroxyl groups is 1. The Kier molecular flexibility index (Phi) is 4.26. The Morgan fingerprint density at radius 2 is 2.00 bits per heavy atom. The van der Waals surface area contributed by atoms with Crippen LogP contribution in [0.3, 0.4) is 0 Å². The van der Waals surface area contributed by atoms with Crippen molar-refractivity contribution < 1.29 is 18.7 Å². The minimum absolute atomic E-state index is 0.103. The van der Waals surface area contributed by atoms with Gasteiger partial charge in [0.25, 0.3) is 0 Å². The van der Waals surface area contributed by atoms with Crippen molar-refractivity contribution in [3.63, 3.8) is 0 Å². The lowest BCUT2D eigenvalue weighted by Gasteiger charge is -2.24. The van der Waals surface area contributed by atoms with Crippen LogP contribution in [0, 0.1) is 12.7 Å². The van der Waals surface area contributed by atoms with Crippen LogP contribution >= 0.6 is 0 Å². The highest BCUT2D eigenvalue weighted by atomic mass is 19.1. The van der Waals surface area contributed by atoms with Gasteiger partial charge in [-0.1, -0.05) is 12.1 Å². The zero-order valence-corrected chi connectivity index (χ0v) is 14.1. The molecule has 3 rings (SSSR count). The number of aryl methyl sites for hydroxylation is 1. The highest BCUT2D eigenvalue weighted by Crippen LogP contribution is 2.30. The number of nitrogens with zero attached hydrogens (tertiary/aromatic N) is 2. The van der Waals surface area contributed by atoms with E-state index in [2.05, 4.69) is 15.3 Å². The third-order valence-corrected chi connectivity index (χ3v) is 4.08. The summed E-state index contributed by atoms with van der Waals surface area (Å²) < 4.78 is 18.6. The van der Waals surface area contributed by atoms with Gasteiger partial charge in [0.15, 0.2) is 5.78 Å². The van der Waals surface area contributed by atoms with E-state index in [1.54, 1.807) is 13.8 Å². The molecule has 7 heteroatoms. The summed E-state index contributed by atoms with van der Waals surface area (Å²) in [4.78, 5) is 20.1. The van der Waals surface area contributed by atoms with E-state index < -0.39 is 5.60 Å². The molecular weight excluding hydrogens is 325 g/mol. The SMILES string of the molecule is CC(=O)c1c(C)oc2ncnc(NCC(C)(O)c3ccc(F)cc3)c12. The van der Waals surface area contributed by atoms with Gasteiger partial charge in [-0.25, -0.2) is 14.4 Å². The fourth-order valence-corrected chi connectivity index (χ4v) is 2.77. The van der Waals surface area contributed by atoms with Crippen molar-refractivity contribution in [3.8, 4) is 0 Å². The number of aromatic nitrogens is 2. The molecule has 130 valence electrons. The zero-order chi connectivity index (χ0) is 18.2. The van der Waals surface area contributed by atoms with Crippen molar-refractivity contribution in [1.82, 2.24) is 9.97 Å². The number of nitrogens with one attached hydrogen (secondary N) is 1. The second-order valence-corrected chi connectivity index (χ2v) is 6.13. The molecular formula is C18H18FN3O3. The lowest BCUT2D eigenvalue weighted by Crippen LogP contribution is -2.31. The van der Waals surface area contributed by atoms with E-state index in [0.717, 1.165) is 0 Å². The van der Waals surface area contributed by atoms with Gasteiger partial charge in [-0.2, -0.15) is 0 Å². The second-order valence-electron chi connectivity index (χ2n) is 6.13. The molecule has 0 spiro atoms. The van der Waals surface area contributed by atoms with Crippen LogP contribution < -0.4 is 5.32 Å². The molecule has 0 aliphatic heterocycles. The van der Waals surface area contributed by atoms with Gasteiger partial charge in [0.05, 0.1) is 10.9 Å². The summed E-state index contributed by atoms with van der Waals surface area (Å²) in [5.74, 6) is 0.343. The third kappa shape index (κ3) is 3.23. The summed E-state index contributed by atoms with van der Waals surface area (Å²) in [5, 5.41) is 14.2. The van der Waals surface area contributed by atoms with E-state index in [4.69, 9.17) is 4.42 Å². The molecule has 0 fully saturated rings. The number of benzene rings is 1. The first-order chi connectivity index (χ1) is 11.8. The Bertz CT molecular complexity index is 933. The van der Waals surface area contributed by atoms with Gasteiger partial charge < -0.3 is 14.8 Å². The largest absolute Gasteiger partial charge is 0.442 e. The maximum Gasteiger partial charge on any atom is 0.232 e. The van der Waals surface area contributed by atoms with Gasteiger partial charge in [0.1, 0.15) is 29.3 Å². The fourth-order valence-electron chi connectivity index (χ4n) is 2.77. The Balaban J connectivity index is 1.93. The maximum absolute atomic E-state index is 13.1. The highest BCUT2D eigenvalue weighted by molar-refractivity contribution is 6.09. The molecule has 1 atom stereocenters. The predicted molar refractivity (Wildman–Crippen MR) is 91.0 cm³/mol. The molecule has 6 nitrogen and oxygen atoms in total. The average molecular weight is 343 g/mol. The molecule has 0 bridgehead atoms. The van der Waals surface area contributed by atoms with Crippen molar-refractivity contribution in [2.45, 2.75) is 26.4 Å². The Hall–Kier alpha value is -2.80. The Labute approximate surface area is 143 Å². The number of carbonyl (C=O) groups excluding carboxylic acids is 1. The Morgan fingerprint density at radius 3 is 2.64 bits per heavy atom. The monoisotopic (exact) mass is 343 g/mol. The van der Waals surface area contributed by atoms with Crippen molar-refractivity contribution >= 4 is 22.7 Å². The standard InChI is InChI=1S/C18H18FN3O3/c1-10(23)14-11(2)25-17-15(14)16(21-9-22-17)20-8-18(3,24)12-4-6-13(19)7-5-12/h4-7,9,24H,8H2,1-3H3,(H,20,21,22). The molecule has 0 saturated heterocycles. The van der Waals surface area contributed by atoms with Crippen LogP contribution in [-0.4, -0.2) is 27.4 Å². The van der Waals surface area contributed by atoms with Gasteiger partial charge >= 0.3 is 0 Å². The van der Waals surface area contributed by atoms with Crippen LogP contribution in [0.25, 0.3) is 11.1 Å². The molecule has 25 heavy (non-hydrogen) atoms. The van der Waals surface area contributed by atoms with Crippen molar-refractivity contribution in [2.24, 2.45) is 0 Å². The van der Waals surface area contributed by atoms with E-state index >= 15 is 0 Å². The lowest BCUT2D eigenvalue weighted by molar-refractivity contribution is 0.0714. The summed E-state index contributed by atoms with van der Waals surface area (Å²) >= 11 is 0. The summed E-state index contributed by atoms with van der Waals surface area (Å²) in [7, 11) is 0. The third-order valence-electron chi connectivity index (χ3n) is 4.08.